The van der Waals surface area contributed by atoms with E-state index in [9.17, 15) is 0 Å². The molecule has 0 spiro atoms. The molecule has 0 aliphatic carbocycles. The van der Waals surface area contributed by atoms with Crippen LogP contribution < -0.4 is 4.74 Å². The van der Waals surface area contributed by atoms with Gasteiger partial charge in [-0.25, -0.2) is 0 Å². The molecule has 8 rings (SSSR count). The Labute approximate surface area is 563 Å². The van der Waals surface area contributed by atoms with Crippen molar-refractivity contribution in [3.63, 3.8) is 0 Å². The number of hydrogen-bond donors (Lipinski definition) is 0. The molecule has 8 heterocycles. The average molecular weight is 1310 g/mol. The van der Waals surface area contributed by atoms with Crippen molar-refractivity contribution in [2.45, 2.75) is 264 Å². The average Bonchev–Trinajstić information content (AvgIpc) is 4.26. The Balaban J connectivity index is -0.000000279. The second-order valence-electron chi connectivity index (χ2n) is 31.7. The van der Waals surface area contributed by atoms with Crippen LogP contribution in [0.4, 0.5) is 0 Å². The second-order valence-corrected chi connectivity index (χ2v) is 38.2. The SMILES string of the molecule is CC(C)(C)C.CC(C)(C)C.CC(C)(C)C.CC(C)(C)C.CC(C)(C)C.CCc1cccs1.CCc1ccsc1C(C)(C)C.COc1ccsc1C(C)(C)C.Cc1cccs1.Cc1ccsc1.Cc1ccsc1C(C)(C)C.c1ccoc1.c1ccsc1. The van der Waals surface area contributed by atoms with Gasteiger partial charge in [0.2, 0.25) is 0 Å². The summed E-state index contributed by atoms with van der Waals surface area (Å²) < 4.78 is 9.81. The van der Waals surface area contributed by atoms with Crippen LogP contribution in [0.25, 0.3) is 0 Å². The van der Waals surface area contributed by atoms with E-state index in [4.69, 9.17) is 4.74 Å². The van der Waals surface area contributed by atoms with Gasteiger partial charge < -0.3 is 9.15 Å². The van der Waals surface area contributed by atoms with Gasteiger partial charge in [-0.2, -0.15) is 22.7 Å². The standard InChI is InChI=1S/C10H16S.C9H14OS.C9H14S.C6H8S.2C5H6S.5C5H12.C4H4O.C4H4S/c1-5-8-6-7-11-9(8)10(2,3)4;1-9(2,3)8-7(10-4)5-6-11-8;1-7-5-6-10-8(7)9(2,3)4;1-2-6-4-3-5-7-6;1-5-2-3-6-4-5;1-5-3-2-4-6-5;5*1-5(2,3)4;2*1-2-4-5-3-1/h6-7H,5H2,1-4H3;5-6H,1-4H3;5-6H,1-4H3;3-5H,2H2,1H3;2*2-4H,1H3;5*1-4H3;2*1-4H. The molecule has 9 heteroatoms. The lowest BCUT2D eigenvalue weighted by Gasteiger charge is -2.18. The minimum absolute atomic E-state index is 0.208. The highest BCUT2D eigenvalue weighted by molar-refractivity contribution is 7.11. The molecule has 0 bridgehead atoms. The number of thiophene rings is 7. The summed E-state index contributed by atoms with van der Waals surface area (Å²) in [6, 6.07) is 24.7. The highest BCUT2D eigenvalue weighted by Crippen LogP contribution is 2.36. The first-order valence-electron chi connectivity index (χ1n) is 30.5. The number of hydrogen-bond acceptors (Lipinski definition) is 9. The molecule has 0 atom stereocenters. The summed E-state index contributed by atoms with van der Waals surface area (Å²) in [5, 5.41) is 18.9. The van der Waals surface area contributed by atoms with Gasteiger partial charge >= 0.3 is 0 Å². The van der Waals surface area contributed by atoms with E-state index < -0.39 is 0 Å². The van der Waals surface area contributed by atoms with Crippen molar-refractivity contribution < 1.29 is 9.15 Å². The van der Waals surface area contributed by atoms with Crippen LogP contribution in [0, 0.1) is 47.8 Å². The van der Waals surface area contributed by atoms with Crippen LogP contribution in [0.1, 0.15) is 256 Å². The van der Waals surface area contributed by atoms with Crippen molar-refractivity contribution in [2.24, 2.45) is 27.1 Å². The highest BCUT2D eigenvalue weighted by Gasteiger charge is 2.20. The first-order chi connectivity index (χ1) is 38.8. The fraction of sp³-hybridized carbons (Fsp3) is 0.584. The van der Waals surface area contributed by atoms with E-state index in [1.807, 2.05) is 75.1 Å². The Morgan fingerprint density at radius 1 is 0.360 bits per heavy atom. The van der Waals surface area contributed by atoms with Crippen molar-refractivity contribution in [3.05, 3.63) is 175 Å². The molecular weight excluding hydrogens is 1180 g/mol. The van der Waals surface area contributed by atoms with E-state index in [0.717, 1.165) is 12.2 Å². The van der Waals surface area contributed by atoms with Crippen molar-refractivity contribution in [1.29, 1.82) is 0 Å². The minimum Gasteiger partial charge on any atom is -0.496 e. The van der Waals surface area contributed by atoms with E-state index in [2.05, 4.69) is 320 Å². The van der Waals surface area contributed by atoms with Gasteiger partial charge in [-0.3, -0.25) is 0 Å². The van der Waals surface area contributed by atoms with Crippen LogP contribution in [0.3, 0.4) is 0 Å². The number of ether oxygens (including phenoxy) is 1. The molecule has 0 saturated heterocycles. The van der Waals surface area contributed by atoms with Crippen molar-refractivity contribution in [1.82, 2.24) is 0 Å². The van der Waals surface area contributed by atoms with Gasteiger partial charge in [-0.15, -0.1) is 56.7 Å². The Kier molecular flexibility index (Phi) is 51.0. The zero-order valence-electron chi connectivity index (χ0n) is 61.9. The lowest BCUT2D eigenvalue weighted by atomic mass is 9.91. The Morgan fingerprint density at radius 3 is 0.942 bits per heavy atom. The van der Waals surface area contributed by atoms with Crippen molar-refractivity contribution >= 4 is 79.4 Å². The summed E-state index contributed by atoms with van der Waals surface area (Å²) >= 11 is 12.5. The van der Waals surface area contributed by atoms with Crippen LogP contribution in [0.15, 0.2) is 138 Å². The molecule has 86 heavy (non-hydrogen) atoms. The molecule has 0 radical (unpaired) electrons. The molecule has 0 N–H and O–H groups in total. The maximum Gasteiger partial charge on any atom is 0.133 e. The quantitative estimate of drug-likeness (QED) is 0.176. The second kappa shape index (κ2) is 47.9. The van der Waals surface area contributed by atoms with Gasteiger partial charge in [0.05, 0.1) is 24.5 Å². The first kappa shape index (κ1) is 91.7. The number of aryl methyl sites for hydroxylation is 5. The number of rotatable bonds is 3. The maximum atomic E-state index is 5.22. The van der Waals surface area contributed by atoms with Gasteiger partial charge in [-0.05, 0) is 191 Å². The van der Waals surface area contributed by atoms with Crippen molar-refractivity contribution in [3.8, 4) is 5.75 Å². The third-order valence-corrected chi connectivity index (χ3v) is 15.4. The minimum atomic E-state index is 0.208. The molecule has 0 aliphatic rings. The summed E-state index contributed by atoms with van der Waals surface area (Å²) in [7, 11) is 1.72. The molecule has 0 unspecified atom stereocenters. The zero-order valence-corrected chi connectivity index (χ0v) is 67.6. The van der Waals surface area contributed by atoms with E-state index in [1.165, 1.54) is 42.6 Å². The summed E-state index contributed by atoms with van der Waals surface area (Å²) in [5.41, 5.74) is 7.68. The van der Waals surface area contributed by atoms with Gasteiger partial charge in [0, 0.05) is 19.5 Å². The van der Waals surface area contributed by atoms with Crippen LogP contribution >= 0.6 is 79.4 Å². The normalized spacial score (nSPS) is 10.8. The molecule has 0 aromatic carbocycles. The van der Waals surface area contributed by atoms with Crippen LogP contribution in [0.2, 0.25) is 0 Å². The highest BCUT2D eigenvalue weighted by atomic mass is 32.1. The number of furan rings is 1. The first-order valence-corrected chi connectivity index (χ1v) is 36.8. The molecule has 8 aromatic heterocycles. The largest absolute Gasteiger partial charge is 0.496 e. The van der Waals surface area contributed by atoms with E-state index >= 15 is 0 Å². The molecule has 0 fully saturated rings. The fourth-order valence-corrected chi connectivity index (χ4v) is 10.4. The third-order valence-electron chi connectivity index (χ3n) is 7.99. The predicted octanol–water partition coefficient (Wildman–Crippen LogP) is 29.7. The lowest BCUT2D eigenvalue weighted by molar-refractivity contribution is 0.402. The number of methoxy groups -OCH3 is 1. The van der Waals surface area contributed by atoms with Crippen LogP contribution in [0.5, 0.6) is 5.75 Å². The molecular formula is C77H132O2S7. The van der Waals surface area contributed by atoms with Crippen molar-refractivity contribution in [2.75, 3.05) is 7.11 Å². The van der Waals surface area contributed by atoms with Gasteiger partial charge in [-0.1, -0.05) is 239 Å². The Morgan fingerprint density at radius 2 is 0.756 bits per heavy atom. The van der Waals surface area contributed by atoms with Crippen LogP contribution in [-0.2, 0) is 29.1 Å². The molecule has 8 aromatic rings. The summed E-state index contributed by atoms with van der Waals surface area (Å²) in [4.78, 5) is 7.22. The van der Waals surface area contributed by atoms with Gasteiger partial charge in [0.1, 0.15) is 5.75 Å². The monoisotopic (exact) mass is 1310 g/mol. The topological polar surface area (TPSA) is 22.4 Å². The fourth-order valence-electron chi connectivity index (χ4n) is 5.08. The Hall–Kier alpha value is -3.02. The van der Waals surface area contributed by atoms with Crippen LogP contribution in [-0.4, -0.2) is 7.11 Å². The molecule has 0 amide bonds. The zero-order chi connectivity index (χ0) is 68.2. The maximum absolute atomic E-state index is 5.22. The molecule has 2 nitrogen and oxygen atoms in total. The Bertz CT molecular complexity index is 2310. The smallest absolute Gasteiger partial charge is 0.133 e. The van der Waals surface area contributed by atoms with E-state index in [1.54, 1.807) is 69.9 Å². The predicted molar refractivity (Wildman–Crippen MR) is 410 cm³/mol. The molecule has 0 aliphatic heterocycles. The molecule has 0 saturated carbocycles. The van der Waals surface area contributed by atoms with E-state index in [0.29, 0.717) is 37.9 Å². The molecule has 494 valence electrons. The summed E-state index contributed by atoms with van der Waals surface area (Å²) in [6.07, 6.45) is 5.59. The van der Waals surface area contributed by atoms with Gasteiger partial charge in [0.25, 0.3) is 0 Å². The third kappa shape index (κ3) is 77.1. The lowest BCUT2D eigenvalue weighted by Crippen LogP contribution is -2.10. The van der Waals surface area contributed by atoms with E-state index in [-0.39, 0.29) is 5.41 Å². The van der Waals surface area contributed by atoms with Gasteiger partial charge in [0.15, 0.2) is 0 Å². The summed E-state index contributed by atoms with van der Waals surface area (Å²) in [5.74, 6) is 1.02. The summed E-state index contributed by atoms with van der Waals surface area (Å²) in [6.45, 7) is 74.7.